The van der Waals surface area contributed by atoms with Crippen molar-refractivity contribution in [2.75, 3.05) is 53.4 Å². The van der Waals surface area contributed by atoms with Gasteiger partial charge in [-0.1, -0.05) is 0 Å². The Morgan fingerprint density at radius 3 is 2.81 bits per heavy atom. The molecule has 0 spiro atoms. The molecular weight excluding hydrogens is 511 g/mol. The van der Waals surface area contributed by atoms with Gasteiger partial charge in [0.1, 0.15) is 12.2 Å². The summed E-state index contributed by atoms with van der Waals surface area (Å²) >= 11 is 0. The van der Waals surface area contributed by atoms with E-state index < -0.39 is 5.60 Å². The van der Waals surface area contributed by atoms with Gasteiger partial charge in [-0.3, -0.25) is 4.99 Å². The number of nitrogens with one attached hydrogen (secondary N) is 1. The number of aliphatic imine (C=N–C) groups is 1. The van der Waals surface area contributed by atoms with Gasteiger partial charge in [-0.05, 0) is 46.5 Å². The minimum atomic E-state index is -0.479. The van der Waals surface area contributed by atoms with Gasteiger partial charge in [0.2, 0.25) is 5.88 Å². The first-order chi connectivity index (χ1) is 14.2. The van der Waals surface area contributed by atoms with E-state index in [-0.39, 0.29) is 36.1 Å². The molecule has 2 aliphatic rings. The maximum absolute atomic E-state index is 12.4. The smallest absolute Gasteiger partial charge is 0.410 e. The lowest BCUT2D eigenvalue weighted by atomic mass is 10.2. The van der Waals surface area contributed by atoms with Crippen molar-refractivity contribution in [2.45, 2.75) is 39.0 Å². The van der Waals surface area contributed by atoms with Crippen molar-refractivity contribution < 1.29 is 14.3 Å². The number of pyridine rings is 1. The molecule has 1 amide bonds. The monoisotopic (exact) mass is 546 g/mol. The van der Waals surface area contributed by atoms with E-state index >= 15 is 0 Å². The van der Waals surface area contributed by atoms with Crippen molar-refractivity contribution in [2.24, 2.45) is 4.99 Å². The second-order valence-electron chi connectivity index (χ2n) is 8.95. The molecule has 2 aliphatic heterocycles. The number of nitrogens with zero attached hydrogens (tertiary/aromatic N) is 5. The highest BCUT2D eigenvalue weighted by Gasteiger charge is 2.36. The van der Waals surface area contributed by atoms with Gasteiger partial charge in [0.15, 0.2) is 5.96 Å². The van der Waals surface area contributed by atoms with Crippen molar-refractivity contribution >= 4 is 36.0 Å². The van der Waals surface area contributed by atoms with E-state index in [9.17, 15) is 4.79 Å². The number of fused-ring (bicyclic) bond motifs is 1. The minimum absolute atomic E-state index is 0. The summed E-state index contributed by atoms with van der Waals surface area (Å²) in [5.74, 6) is 1.52. The fraction of sp³-hybridized carbons (Fsp3) is 0.667. The number of rotatable bonds is 6. The van der Waals surface area contributed by atoms with Gasteiger partial charge in [0.25, 0.3) is 0 Å². The molecule has 10 heteroatoms. The standard InChI is InChI=1S/C21H34N6O3.HI/c1-21(2,3)30-20(28)26-8-9-27-17(15-26)14-24-19(27)23-13-16-6-7-22-18(12-16)29-11-10-25(4)5;/h6-7,12,17H,8-11,13-15H2,1-5H3,(H,23,24);1H. The molecule has 1 N–H and O–H groups in total. The van der Waals surface area contributed by atoms with Gasteiger partial charge in [0, 0.05) is 45.0 Å². The number of hydrogen-bond donors (Lipinski definition) is 1. The third kappa shape index (κ3) is 7.67. The van der Waals surface area contributed by atoms with Crippen molar-refractivity contribution in [1.29, 1.82) is 0 Å². The normalized spacial score (nSPS) is 18.3. The first-order valence-corrected chi connectivity index (χ1v) is 10.5. The Labute approximate surface area is 202 Å². The molecule has 1 unspecified atom stereocenters. The molecule has 0 aliphatic carbocycles. The topological polar surface area (TPSA) is 82.5 Å². The molecule has 0 radical (unpaired) electrons. The average molecular weight is 546 g/mol. The summed E-state index contributed by atoms with van der Waals surface area (Å²) < 4.78 is 11.2. The maximum Gasteiger partial charge on any atom is 0.410 e. The fourth-order valence-electron chi connectivity index (χ4n) is 3.38. The molecule has 3 heterocycles. The highest BCUT2D eigenvalue weighted by atomic mass is 127. The lowest BCUT2D eigenvalue weighted by molar-refractivity contribution is 0.0137. The van der Waals surface area contributed by atoms with E-state index in [1.807, 2.05) is 47.0 Å². The number of likely N-dealkylation sites (N-methyl/N-ethyl adjacent to an activating group) is 1. The molecule has 0 aromatic carbocycles. The number of carbonyl (C=O) groups is 1. The number of carbonyl (C=O) groups excluding carboxylic acids is 1. The van der Waals surface area contributed by atoms with Crippen molar-refractivity contribution in [3.05, 3.63) is 23.9 Å². The Hall–Kier alpha value is -1.82. The van der Waals surface area contributed by atoms with Crippen LogP contribution < -0.4 is 10.1 Å². The van der Waals surface area contributed by atoms with Crippen LogP contribution in [0.25, 0.3) is 0 Å². The van der Waals surface area contributed by atoms with Crippen LogP contribution in [0.15, 0.2) is 23.3 Å². The summed E-state index contributed by atoms with van der Waals surface area (Å²) in [5.41, 5.74) is 0.607. The average Bonchev–Trinajstić information content (AvgIpc) is 3.07. The predicted octanol–water partition coefficient (Wildman–Crippen LogP) is 2.02. The van der Waals surface area contributed by atoms with Crippen LogP contribution in [-0.2, 0) is 11.3 Å². The molecule has 174 valence electrons. The SMILES string of the molecule is CN(C)CCOc1cc(CNC2=NCC3CN(C(=O)OC(C)(C)C)CCN23)ccn1.I. The van der Waals surface area contributed by atoms with E-state index in [0.717, 1.165) is 24.6 Å². The summed E-state index contributed by atoms with van der Waals surface area (Å²) in [6.45, 7) is 10.4. The highest BCUT2D eigenvalue weighted by Crippen LogP contribution is 2.19. The third-order valence-electron chi connectivity index (χ3n) is 4.90. The predicted molar refractivity (Wildman–Crippen MR) is 131 cm³/mol. The molecule has 0 saturated carbocycles. The van der Waals surface area contributed by atoms with Crippen molar-refractivity contribution in [3.63, 3.8) is 0 Å². The van der Waals surface area contributed by atoms with Gasteiger partial charge >= 0.3 is 6.09 Å². The van der Waals surface area contributed by atoms with Gasteiger partial charge in [0.05, 0.1) is 12.6 Å². The maximum atomic E-state index is 12.4. The van der Waals surface area contributed by atoms with Crippen LogP contribution in [0.5, 0.6) is 5.88 Å². The number of piperazine rings is 1. The molecule has 1 fully saturated rings. The minimum Gasteiger partial charge on any atom is -0.476 e. The zero-order valence-electron chi connectivity index (χ0n) is 19.1. The first kappa shape index (κ1) is 25.4. The van der Waals surface area contributed by atoms with Crippen molar-refractivity contribution in [3.8, 4) is 5.88 Å². The molecule has 1 atom stereocenters. The Morgan fingerprint density at radius 2 is 2.10 bits per heavy atom. The second-order valence-corrected chi connectivity index (χ2v) is 8.95. The summed E-state index contributed by atoms with van der Waals surface area (Å²) in [6.07, 6.45) is 1.52. The number of guanidine groups is 1. The molecule has 31 heavy (non-hydrogen) atoms. The molecule has 1 aromatic rings. The zero-order chi connectivity index (χ0) is 21.7. The van der Waals surface area contributed by atoms with E-state index in [2.05, 4.69) is 25.1 Å². The van der Waals surface area contributed by atoms with Gasteiger partial charge in [-0.15, -0.1) is 24.0 Å². The Kier molecular flexibility index (Phi) is 9.16. The van der Waals surface area contributed by atoms with Crippen LogP contribution in [0.2, 0.25) is 0 Å². The largest absolute Gasteiger partial charge is 0.476 e. The Balaban J connectivity index is 0.00000341. The molecule has 9 nitrogen and oxygen atoms in total. The third-order valence-corrected chi connectivity index (χ3v) is 4.90. The van der Waals surface area contributed by atoms with Crippen LogP contribution in [0.3, 0.4) is 0 Å². The Bertz CT molecular complexity index is 768. The van der Waals surface area contributed by atoms with Gasteiger partial charge in [-0.25, -0.2) is 9.78 Å². The quantitative estimate of drug-likeness (QED) is 0.547. The van der Waals surface area contributed by atoms with E-state index in [0.29, 0.717) is 38.7 Å². The number of hydrogen-bond acceptors (Lipinski definition) is 8. The number of ether oxygens (including phenoxy) is 2. The highest BCUT2D eigenvalue weighted by molar-refractivity contribution is 14.0. The number of halogens is 1. The molecule has 1 aromatic heterocycles. The molecule has 3 rings (SSSR count). The lowest BCUT2D eigenvalue weighted by Gasteiger charge is -2.39. The van der Waals surface area contributed by atoms with Crippen LogP contribution in [0, 0.1) is 0 Å². The molecular formula is C21H35IN6O3. The molecule has 0 bridgehead atoms. The number of aromatic nitrogens is 1. The summed E-state index contributed by atoms with van der Waals surface area (Å²) in [5, 5.41) is 3.43. The van der Waals surface area contributed by atoms with Crippen LogP contribution in [-0.4, -0.2) is 96.8 Å². The first-order valence-electron chi connectivity index (χ1n) is 10.5. The summed E-state index contributed by atoms with van der Waals surface area (Å²) in [4.78, 5) is 27.4. The number of amides is 1. The van der Waals surface area contributed by atoms with Crippen LogP contribution in [0.1, 0.15) is 26.3 Å². The molecule has 1 saturated heterocycles. The second kappa shape index (κ2) is 11.2. The van der Waals surface area contributed by atoms with Gasteiger partial charge < -0.3 is 29.5 Å². The van der Waals surface area contributed by atoms with E-state index in [1.54, 1.807) is 11.1 Å². The summed E-state index contributed by atoms with van der Waals surface area (Å²) in [7, 11) is 4.03. The van der Waals surface area contributed by atoms with Crippen LogP contribution in [0.4, 0.5) is 4.79 Å². The lowest BCUT2D eigenvalue weighted by Crippen LogP contribution is -2.57. The van der Waals surface area contributed by atoms with Gasteiger partial charge in [-0.2, -0.15) is 0 Å². The fourth-order valence-corrected chi connectivity index (χ4v) is 3.38. The summed E-state index contributed by atoms with van der Waals surface area (Å²) in [6, 6.07) is 4.12. The van der Waals surface area contributed by atoms with Crippen molar-refractivity contribution in [1.82, 2.24) is 25.0 Å². The zero-order valence-corrected chi connectivity index (χ0v) is 21.5. The Morgan fingerprint density at radius 1 is 1.32 bits per heavy atom. The van der Waals surface area contributed by atoms with Crippen LogP contribution >= 0.6 is 24.0 Å². The van der Waals surface area contributed by atoms with E-state index in [4.69, 9.17) is 9.47 Å². The van der Waals surface area contributed by atoms with E-state index in [1.165, 1.54) is 0 Å².